The first kappa shape index (κ1) is 29.7. The van der Waals surface area contributed by atoms with Gasteiger partial charge in [0.15, 0.2) is 0 Å². The Balaban J connectivity index is 1.95. The highest BCUT2D eigenvalue weighted by molar-refractivity contribution is 8.76. The van der Waals surface area contributed by atoms with Gasteiger partial charge >= 0.3 is 0 Å². The zero-order valence-corrected chi connectivity index (χ0v) is 21.8. The predicted octanol–water partition coefficient (Wildman–Crippen LogP) is 3.98. The van der Waals surface area contributed by atoms with Crippen LogP contribution in [-0.4, -0.2) is 94.0 Å². The van der Waals surface area contributed by atoms with Crippen LogP contribution in [0.1, 0.15) is 58.3 Å². The molecule has 0 unspecified atom stereocenters. The molecule has 7 nitrogen and oxygen atoms in total. The third kappa shape index (κ3) is 14.1. The van der Waals surface area contributed by atoms with Gasteiger partial charge in [-0.2, -0.15) is 0 Å². The topological polar surface area (TPSA) is 74.3 Å². The fourth-order valence-corrected chi connectivity index (χ4v) is 5.52. The van der Waals surface area contributed by atoms with E-state index in [9.17, 15) is 9.59 Å². The highest BCUT2D eigenvalue weighted by Gasteiger charge is 2.34. The van der Waals surface area contributed by atoms with Crippen molar-refractivity contribution >= 4 is 33.3 Å². The van der Waals surface area contributed by atoms with E-state index in [0.717, 1.165) is 56.8 Å². The number of Topliss-reactive ketones (excluding diaryl/α,β-unsaturated/α-hetero) is 1. The van der Waals surface area contributed by atoms with Gasteiger partial charge in [0.05, 0.1) is 38.6 Å². The van der Waals surface area contributed by atoms with Crippen molar-refractivity contribution in [2.75, 3.05) is 65.3 Å². The molecule has 0 aliphatic carbocycles. The van der Waals surface area contributed by atoms with Crippen LogP contribution in [0.25, 0.3) is 0 Å². The van der Waals surface area contributed by atoms with Crippen molar-refractivity contribution in [1.82, 2.24) is 4.90 Å². The number of methoxy groups -OCH3 is 2. The lowest BCUT2D eigenvalue weighted by Crippen LogP contribution is -2.38. The Morgan fingerprint density at radius 1 is 0.906 bits per heavy atom. The van der Waals surface area contributed by atoms with Crippen LogP contribution in [0.4, 0.5) is 0 Å². The van der Waals surface area contributed by atoms with E-state index < -0.39 is 0 Å². The van der Waals surface area contributed by atoms with Crippen molar-refractivity contribution in [3.8, 4) is 0 Å². The Bertz CT molecular complexity index is 497. The molecule has 1 aliphatic rings. The zero-order chi connectivity index (χ0) is 23.4. The lowest BCUT2D eigenvalue weighted by Gasteiger charge is -2.23. The van der Waals surface area contributed by atoms with Crippen LogP contribution in [0.15, 0.2) is 0 Å². The number of amides is 1. The molecule has 32 heavy (non-hydrogen) atoms. The average molecular weight is 494 g/mol. The number of hydrogen-bond donors (Lipinski definition) is 0. The summed E-state index contributed by atoms with van der Waals surface area (Å²) >= 11 is 0. The fraction of sp³-hybridized carbons (Fsp3) is 0.913. The minimum atomic E-state index is 0.0920. The molecule has 0 aromatic carbocycles. The van der Waals surface area contributed by atoms with Crippen molar-refractivity contribution in [1.29, 1.82) is 0 Å². The first-order valence-electron chi connectivity index (χ1n) is 11.8. The number of ketones is 1. The molecule has 0 bridgehead atoms. The molecule has 1 aliphatic heterocycles. The number of hydrogen-bond acceptors (Lipinski definition) is 8. The molecule has 0 aromatic heterocycles. The summed E-state index contributed by atoms with van der Waals surface area (Å²) in [7, 11) is 6.94. The van der Waals surface area contributed by atoms with E-state index in [1.165, 1.54) is 0 Å². The van der Waals surface area contributed by atoms with Crippen LogP contribution in [-0.2, 0) is 28.5 Å². The third-order valence-corrected chi connectivity index (χ3v) is 7.74. The fourth-order valence-electron chi connectivity index (χ4n) is 3.57. The van der Waals surface area contributed by atoms with Gasteiger partial charge in [-0.1, -0.05) is 28.5 Å². The van der Waals surface area contributed by atoms with Crippen LogP contribution in [0.3, 0.4) is 0 Å². The Morgan fingerprint density at radius 2 is 1.59 bits per heavy atom. The van der Waals surface area contributed by atoms with Gasteiger partial charge in [0.2, 0.25) is 5.91 Å². The second-order valence-corrected chi connectivity index (χ2v) is 10.7. The Morgan fingerprint density at radius 3 is 2.31 bits per heavy atom. The van der Waals surface area contributed by atoms with Crippen molar-refractivity contribution in [3.63, 3.8) is 0 Å². The van der Waals surface area contributed by atoms with E-state index >= 15 is 0 Å². The van der Waals surface area contributed by atoms with Gasteiger partial charge in [-0.05, 0) is 32.1 Å². The number of carbonyl (C=O) groups is 2. The molecule has 1 rings (SSSR count). The molecular weight excluding hydrogens is 450 g/mol. The smallest absolute Gasteiger partial charge is 0.222 e. The molecule has 0 N–H and O–H groups in total. The van der Waals surface area contributed by atoms with E-state index in [-0.39, 0.29) is 18.1 Å². The van der Waals surface area contributed by atoms with Gasteiger partial charge in [0, 0.05) is 58.1 Å². The van der Waals surface area contributed by atoms with E-state index in [1.807, 2.05) is 4.90 Å². The van der Waals surface area contributed by atoms with Gasteiger partial charge in [-0.3, -0.25) is 9.59 Å². The van der Waals surface area contributed by atoms with Crippen molar-refractivity contribution in [2.24, 2.45) is 0 Å². The van der Waals surface area contributed by atoms with Crippen LogP contribution in [0.2, 0.25) is 0 Å². The van der Waals surface area contributed by atoms with Crippen LogP contribution >= 0.6 is 21.6 Å². The summed E-state index contributed by atoms with van der Waals surface area (Å²) in [5.74, 6) is 2.38. The number of carbonyl (C=O) groups excluding carboxylic acids is 2. The largest absolute Gasteiger partial charge is 0.383 e. The van der Waals surface area contributed by atoms with Gasteiger partial charge in [-0.25, -0.2) is 0 Å². The van der Waals surface area contributed by atoms with Crippen LogP contribution in [0.5, 0.6) is 0 Å². The SMILES string of the molecule is CCCOCCOCCSSCCCC(=O)CCCCC(=O)N1C[C@@H](OC)C[C@@H]1COC. The van der Waals surface area contributed by atoms with Gasteiger partial charge in [-0.15, -0.1) is 0 Å². The molecule has 188 valence electrons. The second-order valence-electron chi connectivity index (χ2n) is 7.97. The predicted molar refractivity (Wildman–Crippen MR) is 132 cm³/mol. The molecule has 2 atom stereocenters. The molecule has 1 heterocycles. The van der Waals surface area contributed by atoms with Gasteiger partial charge in [0.25, 0.3) is 0 Å². The first-order chi connectivity index (χ1) is 15.6. The van der Waals surface area contributed by atoms with Crippen molar-refractivity contribution < 1.29 is 28.5 Å². The summed E-state index contributed by atoms with van der Waals surface area (Å²) in [6, 6.07) is 0.0980. The Kier molecular flexibility index (Phi) is 18.7. The molecular formula is C23H43NO6S2. The number of unbranched alkanes of at least 4 members (excludes halogenated alkanes) is 1. The van der Waals surface area contributed by atoms with E-state index in [0.29, 0.717) is 51.4 Å². The maximum atomic E-state index is 12.5. The van der Waals surface area contributed by atoms with E-state index in [4.69, 9.17) is 18.9 Å². The molecule has 0 aromatic rings. The lowest BCUT2D eigenvalue weighted by molar-refractivity contribution is -0.133. The zero-order valence-electron chi connectivity index (χ0n) is 20.2. The van der Waals surface area contributed by atoms with E-state index in [2.05, 4.69) is 6.92 Å². The van der Waals surface area contributed by atoms with Crippen LogP contribution in [0, 0.1) is 0 Å². The summed E-state index contributed by atoms with van der Waals surface area (Å²) in [4.78, 5) is 26.5. The highest BCUT2D eigenvalue weighted by Crippen LogP contribution is 2.23. The molecule has 1 saturated heterocycles. The Hall–Kier alpha value is -0.320. The van der Waals surface area contributed by atoms with Gasteiger partial charge in [0.1, 0.15) is 5.78 Å². The second kappa shape index (κ2) is 20.1. The number of nitrogens with zero attached hydrogens (tertiary/aromatic N) is 1. The molecule has 9 heteroatoms. The van der Waals surface area contributed by atoms with Gasteiger partial charge < -0.3 is 23.8 Å². The molecule has 0 spiro atoms. The first-order valence-corrected chi connectivity index (χ1v) is 14.3. The average Bonchev–Trinajstić information content (AvgIpc) is 3.20. The number of likely N-dealkylation sites (tertiary alicyclic amines) is 1. The lowest BCUT2D eigenvalue weighted by atomic mass is 10.1. The summed E-state index contributed by atoms with van der Waals surface area (Å²) < 4.78 is 21.5. The molecule has 0 radical (unpaired) electrons. The molecule has 1 fully saturated rings. The molecule has 0 saturated carbocycles. The third-order valence-electron chi connectivity index (χ3n) is 5.28. The minimum Gasteiger partial charge on any atom is -0.383 e. The van der Waals surface area contributed by atoms with Crippen LogP contribution < -0.4 is 0 Å². The summed E-state index contributed by atoms with van der Waals surface area (Å²) in [5.41, 5.74) is 0. The number of ether oxygens (including phenoxy) is 4. The van der Waals surface area contributed by atoms with Crippen molar-refractivity contribution in [3.05, 3.63) is 0 Å². The van der Waals surface area contributed by atoms with Crippen molar-refractivity contribution in [2.45, 2.75) is 70.4 Å². The summed E-state index contributed by atoms with van der Waals surface area (Å²) in [6.07, 6.45) is 6.09. The monoisotopic (exact) mass is 493 g/mol. The quantitative estimate of drug-likeness (QED) is 0.176. The minimum absolute atomic E-state index is 0.0920. The highest BCUT2D eigenvalue weighted by atomic mass is 33.1. The summed E-state index contributed by atoms with van der Waals surface area (Å²) in [5, 5.41) is 0. The number of rotatable bonds is 21. The standard InChI is InChI=1S/C23H43NO6S2/c1-4-11-29-12-13-30-14-16-32-31-15-7-9-21(25)8-5-6-10-23(26)24-18-22(28-3)17-20(24)19-27-2/h20,22H,4-19H2,1-3H3/t20-,22+/m1/s1. The maximum Gasteiger partial charge on any atom is 0.222 e. The summed E-state index contributed by atoms with van der Waals surface area (Å²) in [6.45, 7) is 6.14. The maximum absolute atomic E-state index is 12.5. The molecule has 1 amide bonds. The normalized spacial score (nSPS) is 18.4. The van der Waals surface area contributed by atoms with E-state index in [1.54, 1.807) is 35.8 Å². The Labute approximate surface area is 202 Å².